The Morgan fingerprint density at radius 1 is 0.852 bits per heavy atom. The predicted molar refractivity (Wildman–Crippen MR) is 111 cm³/mol. The van der Waals surface area contributed by atoms with Crippen LogP contribution in [0.4, 0.5) is 11.8 Å². The summed E-state index contributed by atoms with van der Waals surface area (Å²) in [6.45, 7) is 8.84. The van der Waals surface area contributed by atoms with Crippen molar-refractivity contribution in [3.63, 3.8) is 0 Å². The van der Waals surface area contributed by atoms with Gasteiger partial charge in [0.2, 0.25) is 5.95 Å². The van der Waals surface area contributed by atoms with Gasteiger partial charge in [-0.1, -0.05) is 60.7 Å². The van der Waals surface area contributed by atoms with Crippen LogP contribution >= 0.6 is 0 Å². The highest BCUT2D eigenvalue weighted by atomic mass is 15.3. The van der Waals surface area contributed by atoms with Crippen LogP contribution in [-0.4, -0.2) is 27.8 Å². The molecule has 5 nitrogen and oxygen atoms in total. The van der Waals surface area contributed by atoms with E-state index in [4.69, 9.17) is 4.98 Å². The van der Waals surface area contributed by atoms with Crippen LogP contribution in [-0.2, 0) is 13.1 Å². The van der Waals surface area contributed by atoms with Gasteiger partial charge < -0.3 is 9.80 Å². The van der Waals surface area contributed by atoms with Gasteiger partial charge in [0.15, 0.2) is 5.82 Å². The molecule has 140 valence electrons. The van der Waals surface area contributed by atoms with E-state index in [-0.39, 0.29) is 0 Å². The lowest BCUT2D eigenvalue weighted by molar-refractivity contribution is 0.662. The molecule has 0 bridgehead atoms. The Morgan fingerprint density at radius 2 is 1.44 bits per heavy atom. The van der Waals surface area contributed by atoms with Gasteiger partial charge in [-0.25, -0.2) is 0 Å². The number of benzene rings is 2. The molecular formula is C22H27N5. The molecule has 27 heavy (non-hydrogen) atoms. The molecule has 0 atom stereocenters. The van der Waals surface area contributed by atoms with Crippen molar-refractivity contribution in [1.29, 1.82) is 0 Å². The molecule has 0 unspecified atom stereocenters. The fourth-order valence-electron chi connectivity index (χ4n) is 2.99. The molecule has 0 aliphatic heterocycles. The molecule has 1 heterocycles. The third-order valence-corrected chi connectivity index (χ3v) is 4.53. The highest BCUT2D eigenvalue weighted by molar-refractivity contribution is 5.43. The molecule has 0 aliphatic rings. The van der Waals surface area contributed by atoms with Crippen molar-refractivity contribution in [2.24, 2.45) is 0 Å². The Kier molecular flexibility index (Phi) is 6.36. The van der Waals surface area contributed by atoms with Crippen molar-refractivity contribution >= 4 is 11.8 Å². The number of nitrogens with zero attached hydrogens (tertiary/aromatic N) is 5. The summed E-state index contributed by atoms with van der Waals surface area (Å²) in [5, 5.41) is 8.54. The molecule has 0 saturated heterocycles. The van der Waals surface area contributed by atoms with Gasteiger partial charge in [-0.15, -0.1) is 5.10 Å². The molecule has 0 N–H and O–H groups in total. The van der Waals surface area contributed by atoms with Crippen LogP contribution in [0.25, 0.3) is 0 Å². The third-order valence-electron chi connectivity index (χ3n) is 4.53. The molecular weight excluding hydrogens is 334 g/mol. The van der Waals surface area contributed by atoms with Gasteiger partial charge >= 0.3 is 0 Å². The van der Waals surface area contributed by atoms with Crippen LogP contribution in [0, 0.1) is 0 Å². The molecule has 0 spiro atoms. The maximum Gasteiger partial charge on any atom is 0.247 e. The number of anilines is 2. The fourth-order valence-corrected chi connectivity index (χ4v) is 2.99. The first-order chi connectivity index (χ1) is 13.2. The highest BCUT2D eigenvalue weighted by Gasteiger charge is 2.16. The minimum atomic E-state index is 0.305. The van der Waals surface area contributed by atoms with Crippen molar-refractivity contribution in [1.82, 2.24) is 15.2 Å². The summed E-state index contributed by atoms with van der Waals surface area (Å²) >= 11 is 0. The second-order valence-corrected chi connectivity index (χ2v) is 6.82. The van der Waals surface area contributed by atoms with Crippen LogP contribution in [0.15, 0.2) is 66.9 Å². The summed E-state index contributed by atoms with van der Waals surface area (Å²) < 4.78 is 0. The zero-order chi connectivity index (χ0) is 19.1. The second-order valence-electron chi connectivity index (χ2n) is 6.82. The lowest BCUT2D eigenvalue weighted by Crippen LogP contribution is -2.32. The van der Waals surface area contributed by atoms with Crippen LogP contribution < -0.4 is 9.80 Å². The van der Waals surface area contributed by atoms with E-state index >= 15 is 0 Å². The van der Waals surface area contributed by atoms with Gasteiger partial charge in [0, 0.05) is 25.7 Å². The predicted octanol–water partition coefficient (Wildman–Crippen LogP) is 4.31. The normalized spacial score (nSPS) is 10.8. The lowest BCUT2D eigenvalue weighted by Gasteiger charge is -2.29. The Bertz CT molecular complexity index is 820. The standard InChI is InChI=1S/C22H27N5/c1-4-26(16-19-11-7-5-8-12-19)22-24-21(15-23-25-22)27(18(2)3)17-20-13-9-6-10-14-20/h5-15,18H,4,16-17H2,1-3H3. The first-order valence-corrected chi connectivity index (χ1v) is 9.46. The van der Waals surface area contributed by atoms with Gasteiger partial charge in [-0.2, -0.15) is 10.1 Å². The molecule has 0 radical (unpaired) electrons. The number of aromatic nitrogens is 3. The number of hydrogen-bond donors (Lipinski definition) is 0. The van der Waals surface area contributed by atoms with E-state index in [1.807, 2.05) is 12.1 Å². The Morgan fingerprint density at radius 3 is 2.00 bits per heavy atom. The van der Waals surface area contributed by atoms with E-state index in [9.17, 15) is 0 Å². The lowest BCUT2D eigenvalue weighted by atomic mass is 10.2. The van der Waals surface area contributed by atoms with Gasteiger partial charge in [-0.3, -0.25) is 0 Å². The Labute approximate surface area is 161 Å². The molecule has 1 aromatic heterocycles. The van der Waals surface area contributed by atoms with E-state index in [1.165, 1.54) is 11.1 Å². The summed E-state index contributed by atoms with van der Waals surface area (Å²) in [5.41, 5.74) is 2.49. The van der Waals surface area contributed by atoms with Gasteiger partial charge in [-0.05, 0) is 31.9 Å². The fraction of sp³-hybridized carbons (Fsp3) is 0.318. The van der Waals surface area contributed by atoms with E-state index in [1.54, 1.807) is 6.20 Å². The van der Waals surface area contributed by atoms with Crippen molar-refractivity contribution < 1.29 is 0 Å². The molecule has 3 aromatic rings. The smallest absolute Gasteiger partial charge is 0.247 e. The summed E-state index contributed by atoms with van der Waals surface area (Å²) in [6, 6.07) is 21.1. The van der Waals surface area contributed by atoms with Gasteiger partial charge in [0.1, 0.15) is 0 Å². The summed E-state index contributed by atoms with van der Waals surface area (Å²) in [5.74, 6) is 1.52. The molecule has 0 amide bonds. The zero-order valence-corrected chi connectivity index (χ0v) is 16.3. The van der Waals surface area contributed by atoms with Crippen molar-refractivity contribution in [2.75, 3.05) is 16.3 Å². The zero-order valence-electron chi connectivity index (χ0n) is 16.3. The number of rotatable bonds is 8. The van der Waals surface area contributed by atoms with E-state index in [0.29, 0.717) is 12.0 Å². The quantitative estimate of drug-likeness (QED) is 0.598. The maximum absolute atomic E-state index is 4.84. The highest BCUT2D eigenvalue weighted by Crippen LogP contribution is 2.20. The molecule has 0 aliphatic carbocycles. The van der Waals surface area contributed by atoms with E-state index in [2.05, 4.69) is 89.3 Å². The van der Waals surface area contributed by atoms with E-state index < -0.39 is 0 Å². The molecule has 3 rings (SSSR count). The second kappa shape index (κ2) is 9.12. The van der Waals surface area contributed by atoms with E-state index in [0.717, 1.165) is 25.5 Å². The first-order valence-electron chi connectivity index (χ1n) is 9.46. The van der Waals surface area contributed by atoms with Crippen molar-refractivity contribution in [2.45, 2.75) is 39.9 Å². The molecule has 0 saturated carbocycles. The molecule has 2 aromatic carbocycles. The van der Waals surface area contributed by atoms with Crippen LogP contribution in [0.2, 0.25) is 0 Å². The van der Waals surface area contributed by atoms with Crippen LogP contribution in [0.3, 0.4) is 0 Å². The minimum Gasteiger partial charge on any atom is -0.348 e. The largest absolute Gasteiger partial charge is 0.348 e. The third kappa shape index (κ3) is 5.03. The Hall–Kier alpha value is -2.95. The topological polar surface area (TPSA) is 45.2 Å². The maximum atomic E-state index is 4.84. The van der Waals surface area contributed by atoms with Crippen LogP contribution in [0.5, 0.6) is 0 Å². The van der Waals surface area contributed by atoms with Gasteiger partial charge in [0.05, 0.1) is 6.20 Å². The minimum absolute atomic E-state index is 0.305. The molecule has 0 fully saturated rings. The Balaban J connectivity index is 1.83. The number of hydrogen-bond acceptors (Lipinski definition) is 5. The summed E-state index contributed by atoms with van der Waals surface area (Å²) in [6.07, 6.45) is 1.75. The summed E-state index contributed by atoms with van der Waals surface area (Å²) in [7, 11) is 0. The SMILES string of the molecule is CCN(Cc1ccccc1)c1nncc(N(Cc2ccccc2)C(C)C)n1. The van der Waals surface area contributed by atoms with Gasteiger partial charge in [0.25, 0.3) is 0 Å². The van der Waals surface area contributed by atoms with Crippen LogP contribution in [0.1, 0.15) is 31.9 Å². The average Bonchev–Trinajstić information content (AvgIpc) is 2.71. The first kappa shape index (κ1) is 18.8. The monoisotopic (exact) mass is 361 g/mol. The van der Waals surface area contributed by atoms with Crippen molar-refractivity contribution in [3.8, 4) is 0 Å². The molecule has 5 heteroatoms. The van der Waals surface area contributed by atoms with Crippen molar-refractivity contribution in [3.05, 3.63) is 78.0 Å². The average molecular weight is 361 g/mol. The summed E-state index contributed by atoms with van der Waals surface area (Å²) in [4.78, 5) is 9.24.